The summed E-state index contributed by atoms with van der Waals surface area (Å²) < 4.78 is 4.74. The van der Waals surface area contributed by atoms with Crippen molar-refractivity contribution in [1.82, 2.24) is 5.16 Å². The van der Waals surface area contributed by atoms with Crippen molar-refractivity contribution in [2.24, 2.45) is 0 Å². The van der Waals surface area contributed by atoms with Gasteiger partial charge in [0, 0.05) is 24.4 Å². The molecule has 1 saturated heterocycles. The summed E-state index contributed by atoms with van der Waals surface area (Å²) in [7, 11) is 0. The Labute approximate surface area is 124 Å². The number of rotatable bonds is 2. The number of carbonyl (C=O) groups is 1. The van der Waals surface area contributed by atoms with Crippen molar-refractivity contribution in [2.45, 2.75) is 12.3 Å². The molecular formula is C13H10Cl2N2O3. The maximum absolute atomic E-state index is 12.1. The summed E-state index contributed by atoms with van der Waals surface area (Å²) in [6, 6.07) is 3.01. The summed E-state index contributed by atoms with van der Waals surface area (Å²) in [6.07, 6.45) is 3.12. The lowest BCUT2D eigenvalue weighted by atomic mass is 9.97. The number of aromatic hydroxyl groups is 1. The molecule has 0 bridgehead atoms. The van der Waals surface area contributed by atoms with Gasteiger partial charge in [0.1, 0.15) is 17.7 Å². The van der Waals surface area contributed by atoms with E-state index in [0.717, 1.165) is 0 Å². The van der Waals surface area contributed by atoms with E-state index in [1.807, 2.05) is 0 Å². The lowest BCUT2D eigenvalue weighted by Gasteiger charge is -2.16. The van der Waals surface area contributed by atoms with Gasteiger partial charge in [0.15, 0.2) is 0 Å². The topological polar surface area (TPSA) is 66.6 Å². The van der Waals surface area contributed by atoms with Gasteiger partial charge in [0.2, 0.25) is 5.91 Å². The molecule has 1 amide bonds. The van der Waals surface area contributed by atoms with E-state index in [-0.39, 0.29) is 29.0 Å². The van der Waals surface area contributed by atoms with Crippen LogP contribution in [0.3, 0.4) is 0 Å². The minimum Gasteiger partial charge on any atom is -0.508 e. The lowest BCUT2D eigenvalue weighted by molar-refractivity contribution is -0.117. The molecule has 1 aromatic heterocycles. The van der Waals surface area contributed by atoms with Crippen molar-refractivity contribution >= 4 is 34.8 Å². The first-order chi connectivity index (χ1) is 9.58. The van der Waals surface area contributed by atoms with Crippen LogP contribution >= 0.6 is 23.2 Å². The number of hydrogen-bond acceptors (Lipinski definition) is 4. The van der Waals surface area contributed by atoms with Gasteiger partial charge in [-0.3, -0.25) is 4.79 Å². The van der Waals surface area contributed by atoms with Crippen molar-refractivity contribution < 1.29 is 14.4 Å². The molecule has 1 N–H and O–H groups in total. The van der Waals surface area contributed by atoms with Gasteiger partial charge in [0.05, 0.1) is 16.2 Å². The number of phenols is 1. The van der Waals surface area contributed by atoms with Crippen LogP contribution in [0.1, 0.15) is 17.9 Å². The maximum atomic E-state index is 12.1. The van der Waals surface area contributed by atoms with E-state index in [1.165, 1.54) is 24.6 Å². The Morgan fingerprint density at radius 3 is 2.90 bits per heavy atom. The third-order valence-electron chi connectivity index (χ3n) is 3.37. The largest absolute Gasteiger partial charge is 0.508 e. The zero-order chi connectivity index (χ0) is 14.3. The molecule has 0 saturated carbocycles. The molecule has 7 heteroatoms. The zero-order valence-corrected chi connectivity index (χ0v) is 11.7. The van der Waals surface area contributed by atoms with Crippen LogP contribution in [-0.4, -0.2) is 22.7 Å². The van der Waals surface area contributed by atoms with Gasteiger partial charge in [-0.05, 0) is 12.1 Å². The molecule has 1 aliphatic heterocycles. The van der Waals surface area contributed by atoms with Crippen LogP contribution in [-0.2, 0) is 4.79 Å². The number of benzene rings is 1. The van der Waals surface area contributed by atoms with Crippen LogP contribution in [0.2, 0.25) is 10.0 Å². The van der Waals surface area contributed by atoms with E-state index >= 15 is 0 Å². The minimum atomic E-state index is -0.219. The standard InChI is InChI=1S/C13H10Cl2N2O3/c14-9-1-2-10(18)12(13(9)15)7-3-11(19)17(5-7)8-4-16-20-6-8/h1-2,4,6-7,18H,3,5H2/t7-/m1/s1. The van der Waals surface area contributed by atoms with Gasteiger partial charge in [0.25, 0.3) is 0 Å². The predicted molar refractivity (Wildman–Crippen MR) is 74.3 cm³/mol. The third kappa shape index (κ3) is 2.13. The number of carbonyl (C=O) groups excluding carboxylic acids is 1. The SMILES string of the molecule is O=C1C[C@@H](c2c(O)ccc(Cl)c2Cl)CN1c1cnoc1. The number of halogens is 2. The Morgan fingerprint density at radius 1 is 1.40 bits per heavy atom. The van der Waals surface area contributed by atoms with Crippen molar-refractivity contribution in [2.75, 3.05) is 11.4 Å². The van der Waals surface area contributed by atoms with Gasteiger partial charge in [-0.15, -0.1) is 0 Å². The first kappa shape index (κ1) is 13.3. The Balaban J connectivity index is 1.94. The second kappa shape index (κ2) is 5.00. The smallest absolute Gasteiger partial charge is 0.227 e. The lowest BCUT2D eigenvalue weighted by Crippen LogP contribution is -2.23. The summed E-state index contributed by atoms with van der Waals surface area (Å²) in [5, 5.41) is 14.2. The fourth-order valence-corrected chi connectivity index (χ4v) is 2.91. The Hall–Kier alpha value is -1.72. The van der Waals surface area contributed by atoms with Gasteiger partial charge < -0.3 is 14.5 Å². The molecule has 1 atom stereocenters. The minimum absolute atomic E-state index is 0.0457. The van der Waals surface area contributed by atoms with E-state index < -0.39 is 0 Å². The molecule has 3 rings (SSSR count). The molecule has 1 aliphatic rings. The Kier molecular flexibility index (Phi) is 3.31. The van der Waals surface area contributed by atoms with Crippen molar-refractivity contribution in [3.05, 3.63) is 40.2 Å². The normalized spacial score (nSPS) is 18.8. The van der Waals surface area contributed by atoms with E-state index in [9.17, 15) is 9.90 Å². The van der Waals surface area contributed by atoms with Crippen LogP contribution in [0.5, 0.6) is 5.75 Å². The van der Waals surface area contributed by atoms with Crippen LogP contribution < -0.4 is 4.90 Å². The summed E-state index contributed by atoms with van der Waals surface area (Å²) in [6.45, 7) is 0.396. The van der Waals surface area contributed by atoms with E-state index in [1.54, 1.807) is 4.90 Å². The molecule has 0 radical (unpaired) electrons. The summed E-state index contributed by atoms with van der Waals surface area (Å²) in [5.74, 6) is -0.249. The van der Waals surface area contributed by atoms with Gasteiger partial charge in [-0.25, -0.2) is 0 Å². The van der Waals surface area contributed by atoms with Crippen molar-refractivity contribution in [1.29, 1.82) is 0 Å². The van der Waals surface area contributed by atoms with E-state index in [2.05, 4.69) is 5.16 Å². The number of anilines is 1. The van der Waals surface area contributed by atoms with Crippen molar-refractivity contribution in [3.8, 4) is 5.75 Å². The first-order valence-electron chi connectivity index (χ1n) is 5.94. The van der Waals surface area contributed by atoms with Gasteiger partial charge in [-0.1, -0.05) is 28.4 Å². The molecule has 1 aromatic carbocycles. The highest BCUT2D eigenvalue weighted by atomic mass is 35.5. The molecule has 0 unspecified atom stereocenters. The maximum Gasteiger partial charge on any atom is 0.227 e. The van der Waals surface area contributed by atoms with Crippen LogP contribution in [0, 0.1) is 0 Å². The highest BCUT2D eigenvalue weighted by Gasteiger charge is 2.35. The molecule has 104 valence electrons. The molecule has 5 nitrogen and oxygen atoms in total. The van der Waals surface area contributed by atoms with E-state index in [0.29, 0.717) is 22.8 Å². The number of phenolic OH excluding ortho intramolecular Hbond substituents is 1. The molecule has 2 aromatic rings. The zero-order valence-electron chi connectivity index (χ0n) is 10.2. The molecule has 0 aliphatic carbocycles. The van der Waals surface area contributed by atoms with Crippen LogP contribution in [0.25, 0.3) is 0 Å². The van der Waals surface area contributed by atoms with Crippen LogP contribution in [0.4, 0.5) is 5.69 Å². The molecule has 20 heavy (non-hydrogen) atoms. The molecule has 1 fully saturated rings. The fourth-order valence-electron chi connectivity index (χ4n) is 2.43. The second-order valence-electron chi connectivity index (χ2n) is 4.58. The number of hydrogen-bond donors (Lipinski definition) is 1. The van der Waals surface area contributed by atoms with E-state index in [4.69, 9.17) is 27.7 Å². The van der Waals surface area contributed by atoms with Gasteiger partial charge in [-0.2, -0.15) is 0 Å². The van der Waals surface area contributed by atoms with Gasteiger partial charge >= 0.3 is 0 Å². The molecular weight excluding hydrogens is 303 g/mol. The fraction of sp³-hybridized carbons (Fsp3) is 0.231. The number of nitrogens with zero attached hydrogens (tertiary/aromatic N) is 2. The Morgan fingerprint density at radius 2 is 2.20 bits per heavy atom. The first-order valence-corrected chi connectivity index (χ1v) is 6.70. The summed E-state index contributed by atoms with van der Waals surface area (Å²) in [5.41, 5.74) is 1.10. The number of aromatic nitrogens is 1. The highest BCUT2D eigenvalue weighted by Crippen LogP contribution is 2.42. The van der Waals surface area contributed by atoms with Crippen molar-refractivity contribution in [3.63, 3.8) is 0 Å². The molecule has 0 spiro atoms. The highest BCUT2D eigenvalue weighted by molar-refractivity contribution is 6.42. The summed E-state index contributed by atoms with van der Waals surface area (Å²) in [4.78, 5) is 13.6. The second-order valence-corrected chi connectivity index (χ2v) is 5.37. The Bertz CT molecular complexity index is 658. The number of amides is 1. The predicted octanol–water partition coefficient (Wildman–Crippen LogP) is 3.21. The molecule has 2 heterocycles. The average Bonchev–Trinajstić information content (AvgIpc) is 3.04. The quantitative estimate of drug-likeness (QED) is 0.924. The third-order valence-corrected chi connectivity index (χ3v) is 4.19. The average molecular weight is 313 g/mol. The summed E-state index contributed by atoms with van der Waals surface area (Å²) >= 11 is 12.1. The van der Waals surface area contributed by atoms with Crippen LogP contribution in [0.15, 0.2) is 29.1 Å². The monoisotopic (exact) mass is 312 g/mol.